The third kappa shape index (κ3) is 1.90. The van der Waals surface area contributed by atoms with Crippen LogP contribution in [0, 0.1) is 0 Å². The molecule has 10 nitrogen and oxygen atoms in total. The molecule has 1 saturated heterocycles. The highest BCUT2D eigenvalue weighted by Gasteiger charge is 2.66. The van der Waals surface area contributed by atoms with Crippen molar-refractivity contribution in [1.82, 2.24) is 19.5 Å². The van der Waals surface area contributed by atoms with Gasteiger partial charge in [-0.1, -0.05) is 6.92 Å². The minimum Gasteiger partial charge on any atom is -0.394 e. The molecule has 1 fully saturated rings. The van der Waals surface area contributed by atoms with Crippen LogP contribution in [0.2, 0.25) is 0 Å². The van der Waals surface area contributed by atoms with Crippen molar-refractivity contribution in [3.05, 3.63) is 23.0 Å². The monoisotopic (exact) mass is 326 g/mol. The van der Waals surface area contributed by atoms with Crippen molar-refractivity contribution < 1.29 is 24.8 Å². The maximum absolute atomic E-state index is 11.8. The maximum Gasteiger partial charge on any atom is 0.278 e. The van der Waals surface area contributed by atoms with E-state index in [4.69, 9.17) is 9.47 Å². The van der Waals surface area contributed by atoms with E-state index in [9.17, 15) is 20.1 Å². The maximum atomic E-state index is 11.8. The molecule has 3 rings (SSSR count). The van der Waals surface area contributed by atoms with Crippen LogP contribution in [0.15, 0.2) is 17.4 Å². The van der Waals surface area contributed by atoms with Crippen LogP contribution in [0.4, 0.5) is 0 Å². The number of nitrogens with zero attached hydrogens (tertiary/aromatic N) is 3. The standard InChI is InChI=1S/C13H18N4O6/c1-3-12(13(21,22-2)9(19)7(4-18)23-12)17-6-16-8-10(17)14-5-15-11(8)20/h5-7,9,18-19,21H,3-4H2,1-2H3,(H,14,15,20)/t7-,9-,12-,13+/m1/s1. The topological polar surface area (TPSA) is 143 Å². The van der Waals surface area contributed by atoms with Gasteiger partial charge in [-0.3, -0.25) is 9.36 Å². The van der Waals surface area contributed by atoms with Crippen LogP contribution < -0.4 is 5.56 Å². The lowest BCUT2D eigenvalue weighted by Crippen LogP contribution is -2.58. The number of methoxy groups -OCH3 is 1. The van der Waals surface area contributed by atoms with E-state index in [1.807, 2.05) is 0 Å². The third-order valence-electron chi connectivity index (χ3n) is 4.36. The van der Waals surface area contributed by atoms with Gasteiger partial charge in [-0.15, -0.1) is 0 Å². The first-order valence-electron chi connectivity index (χ1n) is 7.10. The number of aromatic amines is 1. The number of aromatic nitrogens is 4. The SMILES string of the molecule is CC[C@@]1(n2cnc3c(=O)[nH]cnc32)O[C@H](CO)[C@@H](O)[C@]1(O)OC. The molecule has 0 bridgehead atoms. The van der Waals surface area contributed by atoms with Gasteiger partial charge >= 0.3 is 0 Å². The lowest BCUT2D eigenvalue weighted by Gasteiger charge is -2.40. The fraction of sp³-hybridized carbons (Fsp3) is 0.615. The number of fused-ring (bicyclic) bond motifs is 1. The van der Waals surface area contributed by atoms with E-state index < -0.39 is 35.9 Å². The molecule has 1 aliphatic heterocycles. The predicted molar refractivity (Wildman–Crippen MR) is 76.3 cm³/mol. The second-order valence-electron chi connectivity index (χ2n) is 5.34. The Bertz CT molecular complexity index is 775. The number of aliphatic hydroxyl groups is 3. The smallest absolute Gasteiger partial charge is 0.278 e. The van der Waals surface area contributed by atoms with Gasteiger partial charge in [0.1, 0.15) is 12.2 Å². The second-order valence-corrected chi connectivity index (χ2v) is 5.34. The van der Waals surface area contributed by atoms with Crippen molar-refractivity contribution in [3.8, 4) is 0 Å². The lowest BCUT2D eigenvalue weighted by atomic mass is 9.95. The van der Waals surface area contributed by atoms with E-state index >= 15 is 0 Å². The summed E-state index contributed by atoms with van der Waals surface area (Å²) >= 11 is 0. The molecule has 0 saturated carbocycles. The number of hydrogen-bond donors (Lipinski definition) is 4. The summed E-state index contributed by atoms with van der Waals surface area (Å²) in [7, 11) is 1.22. The van der Waals surface area contributed by atoms with E-state index in [1.165, 1.54) is 24.3 Å². The van der Waals surface area contributed by atoms with Crippen LogP contribution in [0.5, 0.6) is 0 Å². The quantitative estimate of drug-likeness (QED) is 0.485. The van der Waals surface area contributed by atoms with Crippen molar-refractivity contribution in [2.75, 3.05) is 13.7 Å². The summed E-state index contributed by atoms with van der Waals surface area (Å²) in [5.74, 6) is -2.16. The van der Waals surface area contributed by atoms with Crippen LogP contribution in [0.3, 0.4) is 0 Å². The molecule has 23 heavy (non-hydrogen) atoms. The van der Waals surface area contributed by atoms with Crippen LogP contribution in [0.25, 0.3) is 11.2 Å². The summed E-state index contributed by atoms with van der Waals surface area (Å²) in [4.78, 5) is 22.3. The Kier molecular flexibility index (Phi) is 3.73. The molecule has 0 spiro atoms. The summed E-state index contributed by atoms with van der Waals surface area (Å²) in [5, 5.41) is 30.6. The molecular weight excluding hydrogens is 308 g/mol. The van der Waals surface area contributed by atoms with Gasteiger partial charge in [-0.05, 0) is 6.42 Å². The van der Waals surface area contributed by atoms with E-state index in [0.717, 1.165) is 0 Å². The minimum atomic E-state index is -2.16. The zero-order chi connectivity index (χ0) is 16.8. The molecule has 4 atom stereocenters. The fourth-order valence-electron chi connectivity index (χ4n) is 3.15. The number of ether oxygens (including phenoxy) is 2. The van der Waals surface area contributed by atoms with E-state index in [1.54, 1.807) is 6.92 Å². The second kappa shape index (κ2) is 5.35. The summed E-state index contributed by atoms with van der Waals surface area (Å²) in [6, 6.07) is 0. The molecule has 0 unspecified atom stereocenters. The van der Waals surface area contributed by atoms with Gasteiger partial charge in [0.25, 0.3) is 5.56 Å². The van der Waals surface area contributed by atoms with Crippen molar-refractivity contribution in [1.29, 1.82) is 0 Å². The van der Waals surface area contributed by atoms with E-state index in [-0.39, 0.29) is 17.6 Å². The first-order chi connectivity index (χ1) is 10.9. The first-order valence-corrected chi connectivity index (χ1v) is 7.10. The zero-order valence-electron chi connectivity index (χ0n) is 12.6. The Morgan fingerprint density at radius 1 is 1.52 bits per heavy atom. The predicted octanol–water partition coefficient (Wildman–Crippen LogP) is -1.73. The molecule has 0 aromatic carbocycles. The fourth-order valence-corrected chi connectivity index (χ4v) is 3.15. The van der Waals surface area contributed by atoms with Gasteiger partial charge in [-0.25, -0.2) is 9.97 Å². The average molecular weight is 326 g/mol. The van der Waals surface area contributed by atoms with Gasteiger partial charge in [0.15, 0.2) is 11.2 Å². The Labute approximate surface area is 130 Å². The molecule has 10 heteroatoms. The minimum absolute atomic E-state index is 0.0596. The van der Waals surface area contributed by atoms with Gasteiger partial charge in [0.05, 0.1) is 19.3 Å². The molecule has 2 aromatic heterocycles. The van der Waals surface area contributed by atoms with Crippen molar-refractivity contribution >= 4 is 11.2 Å². The Balaban J connectivity index is 2.28. The molecule has 0 aliphatic carbocycles. The summed E-state index contributed by atoms with van der Waals surface area (Å²) in [6.45, 7) is 1.19. The van der Waals surface area contributed by atoms with Crippen LogP contribution in [-0.4, -0.2) is 66.6 Å². The van der Waals surface area contributed by atoms with Gasteiger partial charge in [-0.2, -0.15) is 0 Å². The summed E-state index contributed by atoms with van der Waals surface area (Å²) < 4.78 is 12.3. The number of H-pyrrole nitrogens is 1. The summed E-state index contributed by atoms with van der Waals surface area (Å²) in [6.07, 6.45) is 0.0706. The van der Waals surface area contributed by atoms with Crippen molar-refractivity contribution in [3.63, 3.8) is 0 Å². The first kappa shape index (κ1) is 16.0. The number of hydrogen-bond acceptors (Lipinski definition) is 8. The summed E-state index contributed by atoms with van der Waals surface area (Å²) in [5.41, 5.74) is -1.83. The number of aliphatic hydroxyl groups excluding tert-OH is 2. The molecule has 0 amide bonds. The van der Waals surface area contributed by atoms with Crippen molar-refractivity contribution in [2.45, 2.75) is 37.1 Å². The van der Waals surface area contributed by atoms with Crippen molar-refractivity contribution in [2.24, 2.45) is 0 Å². The van der Waals surface area contributed by atoms with Crippen LogP contribution >= 0.6 is 0 Å². The molecule has 1 aliphatic rings. The van der Waals surface area contributed by atoms with Crippen LogP contribution in [-0.2, 0) is 15.2 Å². The number of nitrogens with one attached hydrogen (secondary N) is 1. The highest BCUT2D eigenvalue weighted by Crippen LogP contribution is 2.47. The normalized spacial score (nSPS) is 34.3. The van der Waals surface area contributed by atoms with Gasteiger partial charge < -0.3 is 29.8 Å². The lowest BCUT2D eigenvalue weighted by molar-refractivity contribution is -0.313. The number of rotatable bonds is 4. The molecule has 126 valence electrons. The largest absolute Gasteiger partial charge is 0.394 e. The number of imidazole rings is 1. The molecule has 2 aromatic rings. The Morgan fingerprint density at radius 2 is 2.26 bits per heavy atom. The van der Waals surface area contributed by atoms with Gasteiger partial charge in [0.2, 0.25) is 11.5 Å². The molecule has 0 radical (unpaired) electrons. The molecular formula is C13H18N4O6. The van der Waals surface area contributed by atoms with Crippen LogP contribution in [0.1, 0.15) is 13.3 Å². The third-order valence-corrected chi connectivity index (χ3v) is 4.36. The average Bonchev–Trinajstić information content (AvgIpc) is 3.09. The van der Waals surface area contributed by atoms with E-state index in [0.29, 0.717) is 0 Å². The Hall–Kier alpha value is -1.85. The van der Waals surface area contributed by atoms with Gasteiger partial charge in [0, 0.05) is 7.11 Å². The zero-order valence-corrected chi connectivity index (χ0v) is 12.6. The van der Waals surface area contributed by atoms with E-state index in [2.05, 4.69) is 15.0 Å². The molecule has 4 N–H and O–H groups in total. The highest BCUT2D eigenvalue weighted by atomic mass is 16.7. The molecule has 3 heterocycles. The Morgan fingerprint density at radius 3 is 2.87 bits per heavy atom. The highest BCUT2D eigenvalue weighted by molar-refractivity contribution is 5.69.